The quantitative estimate of drug-likeness (QED) is 0.268. The van der Waals surface area contributed by atoms with E-state index in [1.165, 1.54) is 25.7 Å². The third-order valence-electron chi connectivity index (χ3n) is 6.74. The van der Waals surface area contributed by atoms with Crippen LogP contribution in [0.5, 0.6) is 11.6 Å². The number of carboxylic acids is 1. The molecule has 2 heterocycles. The van der Waals surface area contributed by atoms with Gasteiger partial charge < -0.3 is 24.4 Å². The molecule has 0 aliphatic heterocycles. The highest BCUT2D eigenvalue weighted by Crippen LogP contribution is 2.30. The second-order valence-corrected chi connectivity index (χ2v) is 9.88. The van der Waals surface area contributed by atoms with Crippen LogP contribution >= 0.6 is 0 Å². The van der Waals surface area contributed by atoms with Crippen LogP contribution in [-0.2, 0) is 22.4 Å². The van der Waals surface area contributed by atoms with Crippen LogP contribution in [0.3, 0.4) is 0 Å². The van der Waals surface area contributed by atoms with Crippen LogP contribution < -0.4 is 14.8 Å². The zero-order valence-corrected chi connectivity index (χ0v) is 22.4. The minimum Gasteiger partial charge on any atom is -0.493 e. The van der Waals surface area contributed by atoms with Gasteiger partial charge in [0.25, 0.3) is 5.89 Å². The van der Waals surface area contributed by atoms with Gasteiger partial charge in [-0.2, -0.15) is 4.98 Å². The molecular formula is C29H36N4O6. The molecule has 0 unspecified atom stereocenters. The highest BCUT2D eigenvalue weighted by atomic mass is 16.5. The Kier molecular flexibility index (Phi) is 10.3. The predicted octanol–water partition coefficient (Wildman–Crippen LogP) is 4.54. The first-order valence-corrected chi connectivity index (χ1v) is 13.6. The summed E-state index contributed by atoms with van der Waals surface area (Å²) in [5.41, 5.74) is 2.87. The number of aromatic nitrogens is 3. The molecule has 39 heavy (non-hydrogen) atoms. The molecular weight excluding hydrogens is 500 g/mol. The number of nitrogens with one attached hydrogen (secondary N) is 1. The average molecular weight is 537 g/mol. The standard InChI is InChI=1S/C29H36N4O6/c1-20-18-21(9-11-24(20)37-17-5-16-30-26(34)13-14-27(35)36)10-12-25-32-29(39-33-25)23-8-4-15-31-28(23)38-19-22-6-2-3-7-22/h4,8-9,11,15,18,22H,2-3,5-7,10,12-14,16-17,19H2,1H3,(H,30,34)(H,35,36). The zero-order chi connectivity index (χ0) is 27.5. The van der Waals surface area contributed by atoms with E-state index in [-0.39, 0.29) is 18.7 Å². The third kappa shape index (κ3) is 8.80. The first-order valence-electron chi connectivity index (χ1n) is 13.6. The normalized spacial score (nSPS) is 13.4. The lowest BCUT2D eigenvalue weighted by molar-refractivity contribution is -0.138. The summed E-state index contributed by atoms with van der Waals surface area (Å²) in [5, 5.41) is 15.5. The molecule has 1 aliphatic carbocycles. The first kappa shape index (κ1) is 28.1. The Morgan fingerprint density at radius 3 is 2.77 bits per heavy atom. The Morgan fingerprint density at radius 2 is 1.97 bits per heavy atom. The molecule has 0 bridgehead atoms. The number of nitrogens with zero attached hydrogens (tertiary/aromatic N) is 3. The Labute approximate surface area is 228 Å². The van der Waals surface area contributed by atoms with Crippen LogP contribution in [0.25, 0.3) is 11.5 Å². The van der Waals surface area contributed by atoms with Crippen molar-refractivity contribution in [2.24, 2.45) is 5.92 Å². The maximum absolute atomic E-state index is 11.6. The monoisotopic (exact) mass is 536 g/mol. The van der Waals surface area contributed by atoms with Crippen molar-refractivity contribution in [1.82, 2.24) is 20.4 Å². The maximum atomic E-state index is 11.6. The largest absolute Gasteiger partial charge is 0.493 e. The highest BCUT2D eigenvalue weighted by Gasteiger charge is 2.19. The molecule has 1 fully saturated rings. The van der Waals surface area contributed by atoms with E-state index < -0.39 is 5.97 Å². The number of ether oxygens (including phenoxy) is 2. The number of carbonyl (C=O) groups is 2. The van der Waals surface area contributed by atoms with Gasteiger partial charge in [-0.25, -0.2) is 4.98 Å². The maximum Gasteiger partial charge on any atom is 0.303 e. The van der Waals surface area contributed by atoms with E-state index in [9.17, 15) is 9.59 Å². The first-order chi connectivity index (χ1) is 19.0. The topological polar surface area (TPSA) is 137 Å². The lowest BCUT2D eigenvalue weighted by Crippen LogP contribution is -2.25. The molecule has 10 heteroatoms. The summed E-state index contributed by atoms with van der Waals surface area (Å²) in [6, 6.07) is 9.78. The molecule has 1 amide bonds. The van der Waals surface area contributed by atoms with Gasteiger partial charge >= 0.3 is 5.97 Å². The smallest absolute Gasteiger partial charge is 0.303 e. The number of aliphatic carboxylic acids is 1. The van der Waals surface area contributed by atoms with Crippen molar-refractivity contribution >= 4 is 11.9 Å². The van der Waals surface area contributed by atoms with Gasteiger partial charge in [-0.15, -0.1) is 0 Å². The lowest BCUT2D eigenvalue weighted by Gasteiger charge is -2.11. The SMILES string of the molecule is Cc1cc(CCc2noc(-c3cccnc3OCC3CCCC3)n2)ccc1OCCCNC(=O)CCC(=O)O. The Hall–Kier alpha value is -3.95. The van der Waals surface area contributed by atoms with E-state index in [4.69, 9.17) is 19.1 Å². The van der Waals surface area contributed by atoms with Gasteiger partial charge in [0.15, 0.2) is 5.82 Å². The van der Waals surface area contributed by atoms with Gasteiger partial charge in [-0.1, -0.05) is 30.1 Å². The van der Waals surface area contributed by atoms with Crippen molar-refractivity contribution in [2.75, 3.05) is 19.8 Å². The van der Waals surface area contributed by atoms with Crippen molar-refractivity contribution < 1.29 is 28.7 Å². The summed E-state index contributed by atoms with van der Waals surface area (Å²) in [5.74, 6) is 1.71. The minimum atomic E-state index is -0.979. The molecule has 2 aromatic heterocycles. The average Bonchev–Trinajstić information content (AvgIpc) is 3.63. The Bertz CT molecular complexity index is 1240. The predicted molar refractivity (Wildman–Crippen MR) is 144 cm³/mol. The molecule has 0 saturated heterocycles. The van der Waals surface area contributed by atoms with Gasteiger partial charge in [0.1, 0.15) is 11.3 Å². The molecule has 1 aliphatic rings. The fourth-order valence-electron chi connectivity index (χ4n) is 4.58. The van der Waals surface area contributed by atoms with Crippen LogP contribution in [0.4, 0.5) is 0 Å². The summed E-state index contributed by atoms with van der Waals surface area (Å²) in [4.78, 5) is 31.0. The molecule has 0 spiro atoms. The van der Waals surface area contributed by atoms with Crippen LogP contribution in [0.15, 0.2) is 41.1 Å². The van der Waals surface area contributed by atoms with E-state index in [0.717, 1.165) is 23.3 Å². The van der Waals surface area contributed by atoms with Gasteiger partial charge in [0.2, 0.25) is 11.8 Å². The molecule has 208 valence electrons. The van der Waals surface area contributed by atoms with Crippen LogP contribution in [-0.4, -0.2) is 51.9 Å². The van der Waals surface area contributed by atoms with Crippen molar-refractivity contribution in [3.63, 3.8) is 0 Å². The number of aryl methyl sites for hydroxylation is 3. The molecule has 10 nitrogen and oxygen atoms in total. The molecule has 4 rings (SSSR count). The fraction of sp³-hybridized carbons (Fsp3) is 0.483. The summed E-state index contributed by atoms with van der Waals surface area (Å²) < 4.78 is 17.4. The molecule has 0 atom stereocenters. The number of rotatable bonds is 15. The van der Waals surface area contributed by atoms with Gasteiger partial charge in [-0.05, 0) is 67.9 Å². The Morgan fingerprint density at radius 1 is 1.13 bits per heavy atom. The number of carbonyl (C=O) groups excluding carboxylic acids is 1. The summed E-state index contributed by atoms with van der Waals surface area (Å²) in [6.07, 6.45) is 8.49. The van der Waals surface area contributed by atoms with Crippen LogP contribution in [0.1, 0.15) is 61.9 Å². The fourth-order valence-corrected chi connectivity index (χ4v) is 4.58. The minimum absolute atomic E-state index is 0.0127. The van der Waals surface area contributed by atoms with E-state index in [0.29, 0.717) is 61.7 Å². The van der Waals surface area contributed by atoms with Gasteiger partial charge in [0.05, 0.1) is 19.6 Å². The second kappa shape index (κ2) is 14.3. The summed E-state index contributed by atoms with van der Waals surface area (Å²) in [7, 11) is 0. The molecule has 1 saturated carbocycles. The van der Waals surface area contributed by atoms with E-state index in [1.54, 1.807) is 6.20 Å². The molecule has 2 N–H and O–H groups in total. The number of benzene rings is 1. The van der Waals surface area contributed by atoms with E-state index >= 15 is 0 Å². The Balaban J connectivity index is 1.22. The number of hydrogen-bond acceptors (Lipinski definition) is 8. The van der Waals surface area contributed by atoms with E-state index in [1.807, 2.05) is 31.2 Å². The second-order valence-electron chi connectivity index (χ2n) is 9.88. The molecule has 0 radical (unpaired) electrons. The molecule has 3 aromatic rings. The van der Waals surface area contributed by atoms with Crippen molar-refractivity contribution in [3.8, 4) is 23.1 Å². The van der Waals surface area contributed by atoms with Gasteiger partial charge in [-0.3, -0.25) is 9.59 Å². The zero-order valence-electron chi connectivity index (χ0n) is 22.4. The summed E-state index contributed by atoms with van der Waals surface area (Å²) in [6.45, 7) is 3.55. The molecule has 1 aromatic carbocycles. The van der Waals surface area contributed by atoms with Gasteiger partial charge in [0, 0.05) is 25.6 Å². The van der Waals surface area contributed by atoms with Crippen LogP contribution in [0, 0.1) is 12.8 Å². The number of amides is 1. The summed E-state index contributed by atoms with van der Waals surface area (Å²) >= 11 is 0. The number of pyridine rings is 1. The number of hydrogen-bond donors (Lipinski definition) is 2. The van der Waals surface area contributed by atoms with Crippen molar-refractivity contribution in [2.45, 2.75) is 64.7 Å². The highest BCUT2D eigenvalue weighted by molar-refractivity contribution is 5.80. The van der Waals surface area contributed by atoms with Crippen LogP contribution in [0.2, 0.25) is 0 Å². The van der Waals surface area contributed by atoms with Crippen molar-refractivity contribution in [1.29, 1.82) is 0 Å². The van der Waals surface area contributed by atoms with E-state index in [2.05, 4.69) is 26.5 Å². The third-order valence-corrected chi connectivity index (χ3v) is 6.74. The number of carboxylic acid groups (broad SMARTS) is 1. The van der Waals surface area contributed by atoms with Crippen molar-refractivity contribution in [3.05, 3.63) is 53.5 Å². The lowest BCUT2D eigenvalue weighted by atomic mass is 10.1.